The molecule has 9 nitrogen and oxygen atoms in total. The smallest absolute Gasteiger partial charge is 0.341 e. The van der Waals surface area contributed by atoms with E-state index in [-0.39, 0.29) is 30.2 Å². The van der Waals surface area contributed by atoms with Gasteiger partial charge in [0.1, 0.15) is 19.0 Å². The number of carbonyl (C=O) groups is 3. The van der Waals surface area contributed by atoms with Gasteiger partial charge in [-0.05, 0) is 32.3 Å². The summed E-state index contributed by atoms with van der Waals surface area (Å²) in [5.41, 5.74) is 3.27. The van der Waals surface area contributed by atoms with E-state index in [1.807, 2.05) is 19.9 Å². The number of hydrogen-bond donors (Lipinski definition) is 1. The predicted octanol–water partition coefficient (Wildman–Crippen LogP) is 2.73. The van der Waals surface area contributed by atoms with Crippen molar-refractivity contribution in [2.75, 3.05) is 58.6 Å². The van der Waals surface area contributed by atoms with Crippen LogP contribution in [0.1, 0.15) is 46.8 Å². The van der Waals surface area contributed by atoms with Gasteiger partial charge in [0.15, 0.2) is 6.67 Å². The second kappa shape index (κ2) is 12.6. The molecule has 0 aliphatic carbocycles. The molecule has 2 aliphatic rings. The first kappa shape index (κ1) is 26.6. The molecule has 35 heavy (non-hydrogen) atoms. The van der Waals surface area contributed by atoms with Crippen molar-refractivity contribution < 1.29 is 37.7 Å². The van der Waals surface area contributed by atoms with E-state index < -0.39 is 18.6 Å². The Morgan fingerprint density at radius 3 is 2.66 bits per heavy atom. The number of ether oxygens (including phenoxy) is 4. The highest BCUT2D eigenvalue weighted by molar-refractivity contribution is 6.06. The molecule has 0 radical (unpaired) electrons. The number of nitrogens with one attached hydrogen (secondary N) is 1. The molecule has 0 atom stereocenters. The van der Waals surface area contributed by atoms with Crippen molar-refractivity contribution in [1.29, 1.82) is 0 Å². The van der Waals surface area contributed by atoms with Gasteiger partial charge >= 0.3 is 11.9 Å². The fraction of sp³-hybridized carbons (Fsp3) is 0.560. The molecule has 1 aromatic carbocycles. The Morgan fingerprint density at radius 1 is 1.23 bits per heavy atom. The number of benzene rings is 1. The zero-order chi connectivity index (χ0) is 25.4. The van der Waals surface area contributed by atoms with Crippen LogP contribution < -0.4 is 10.1 Å². The Bertz CT molecular complexity index is 987. The average Bonchev–Trinajstić information content (AvgIpc) is 3.25. The SMILES string of the molecule is COc1c(C)c2c(c(NC(=O)CF)c1C/C=C(\C)CCC(=O)OCCN1CCOCC1)C(=O)OC2. The fourth-order valence-corrected chi connectivity index (χ4v) is 4.23. The number of nitrogens with zero attached hydrogens (tertiary/aromatic N) is 1. The first-order valence-corrected chi connectivity index (χ1v) is 11.7. The third-order valence-electron chi connectivity index (χ3n) is 6.21. The normalized spacial score (nSPS) is 16.0. The van der Waals surface area contributed by atoms with Crippen molar-refractivity contribution in [3.63, 3.8) is 0 Å². The number of cyclic esters (lactones) is 1. The molecule has 1 aromatic rings. The number of esters is 2. The van der Waals surface area contributed by atoms with Gasteiger partial charge in [-0.2, -0.15) is 0 Å². The molecule has 0 bridgehead atoms. The van der Waals surface area contributed by atoms with Crippen LogP contribution in [0.2, 0.25) is 0 Å². The third kappa shape index (κ3) is 6.79. The Kier molecular flexibility index (Phi) is 9.62. The van der Waals surface area contributed by atoms with Gasteiger partial charge in [-0.15, -0.1) is 0 Å². The number of rotatable bonds is 11. The summed E-state index contributed by atoms with van der Waals surface area (Å²) in [6, 6.07) is 0. The van der Waals surface area contributed by atoms with Crippen molar-refractivity contribution in [1.82, 2.24) is 4.90 Å². The lowest BCUT2D eigenvalue weighted by Crippen LogP contribution is -2.38. The minimum atomic E-state index is -1.22. The van der Waals surface area contributed by atoms with Gasteiger partial charge in [0.2, 0.25) is 0 Å². The molecule has 2 heterocycles. The zero-order valence-electron chi connectivity index (χ0n) is 20.5. The second-order valence-corrected chi connectivity index (χ2v) is 8.55. The number of amides is 1. The minimum Gasteiger partial charge on any atom is -0.496 e. The van der Waals surface area contributed by atoms with Crippen LogP contribution in [0.25, 0.3) is 0 Å². The van der Waals surface area contributed by atoms with Crippen LogP contribution in [0.5, 0.6) is 5.75 Å². The van der Waals surface area contributed by atoms with Crippen LogP contribution in [-0.2, 0) is 36.8 Å². The molecular weight excluding hydrogens is 459 g/mol. The molecular formula is C25H33FN2O7. The van der Waals surface area contributed by atoms with Crippen LogP contribution in [-0.4, -0.2) is 76.0 Å². The molecule has 1 fully saturated rings. The molecule has 0 aromatic heterocycles. The highest BCUT2D eigenvalue weighted by Crippen LogP contribution is 2.41. The van der Waals surface area contributed by atoms with Crippen molar-refractivity contribution >= 4 is 23.5 Å². The lowest BCUT2D eigenvalue weighted by molar-refractivity contribution is -0.144. The monoisotopic (exact) mass is 492 g/mol. The number of alkyl halides is 1. The van der Waals surface area contributed by atoms with E-state index >= 15 is 0 Å². The number of hydrogen-bond acceptors (Lipinski definition) is 8. The Balaban J connectivity index is 1.66. The number of allylic oxidation sites excluding steroid dienone is 2. The van der Waals surface area contributed by atoms with Crippen LogP contribution in [0.3, 0.4) is 0 Å². The maximum Gasteiger partial charge on any atom is 0.341 e. The molecule has 3 rings (SSSR count). The molecule has 0 saturated carbocycles. The van der Waals surface area contributed by atoms with Crippen LogP contribution in [0.4, 0.5) is 10.1 Å². The Morgan fingerprint density at radius 2 is 1.97 bits per heavy atom. The van der Waals surface area contributed by atoms with E-state index in [1.165, 1.54) is 7.11 Å². The van der Waals surface area contributed by atoms with Gasteiger partial charge in [0.25, 0.3) is 5.91 Å². The number of carbonyl (C=O) groups excluding carboxylic acids is 3. The third-order valence-corrected chi connectivity index (χ3v) is 6.21. The topological polar surface area (TPSA) is 103 Å². The van der Waals surface area contributed by atoms with Gasteiger partial charge < -0.3 is 24.3 Å². The molecule has 1 amide bonds. The van der Waals surface area contributed by atoms with E-state index in [0.29, 0.717) is 56.1 Å². The summed E-state index contributed by atoms with van der Waals surface area (Å²) in [6.45, 7) is 6.68. The summed E-state index contributed by atoms with van der Waals surface area (Å²) in [5.74, 6) is -1.19. The van der Waals surface area contributed by atoms with Crippen molar-refractivity contribution in [2.45, 2.75) is 39.7 Å². The van der Waals surface area contributed by atoms with Gasteiger partial charge in [-0.25, -0.2) is 9.18 Å². The van der Waals surface area contributed by atoms with E-state index in [2.05, 4.69) is 10.2 Å². The molecule has 10 heteroatoms. The number of fused-ring (bicyclic) bond motifs is 1. The van der Waals surface area contributed by atoms with Crippen LogP contribution in [0.15, 0.2) is 11.6 Å². The Hall–Kier alpha value is -2.98. The maximum absolute atomic E-state index is 13.0. The summed E-state index contributed by atoms with van der Waals surface area (Å²) in [5, 5.41) is 2.51. The van der Waals surface area contributed by atoms with E-state index in [0.717, 1.165) is 24.2 Å². The number of anilines is 1. The van der Waals surface area contributed by atoms with Gasteiger partial charge in [-0.1, -0.05) is 11.6 Å². The highest BCUT2D eigenvalue weighted by Gasteiger charge is 2.32. The quantitative estimate of drug-likeness (QED) is 0.372. The summed E-state index contributed by atoms with van der Waals surface area (Å²) >= 11 is 0. The second-order valence-electron chi connectivity index (χ2n) is 8.55. The van der Waals surface area contributed by atoms with E-state index in [1.54, 1.807) is 0 Å². The van der Waals surface area contributed by atoms with Crippen LogP contribution >= 0.6 is 0 Å². The predicted molar refractivity (Wildman–Crippen MR) is 126 cm³/mol. The van der Waals surface area contributed by atoms with E-state index in [9.17, 15) is 18.8 Å². The Labute approximate surface area is 204 Å². The first-order chi connectivity index (χ1) is 16.8. The zero-order valence-corrected chi connectivity index (χ0v) is 20.5. The minimum absolute atomic E-state index is 0.0671. The van der Waals surface area contributed by atoms with Crippen molar-refractivity contribution in [2.24, 2.45) is 0 Å². The first-order valence-electron chi connectivity index (χ1n) is 11.7. The number of halogens is 1. The van der Waals surface area contributed by atoms with Gasteiger partial charge in [0, 0.05) is 37.2 Å². The maximum atomic E-state index is 13.0. The number of methoxy groups -OCH3 is 1. The van der Waals surface area contributed by atoms with Gasteiger partial charge in [0.05, 0.1) is 31.6 Å². The summed E-state index contributed by atoms with van der Waals surface area (Å²) < 4.78 is 34.4. The summed E-state index contributed by atoms with van der Waals surface area (Å²) in [4.78, 5) is 38.6. The molecule has 0 unspecified atom stereocenters. The highest BCUT2D eigenvalue weighted by atomic mass is 19.1. The average molecular weight is 493 g/mol. The summed E-state index contributed by atoms with van der Waals surface area (Å²) in [6.07, 6.45) is 2.95. The standard InChI is InChI=1S/C25H33FN2O7/c1-16(5-7-21(30)34-13-10-28-8-11-33-12-9-28)4-6-18-23(27-20(29)14-26)22-19(15-35-25(22)31)17(2)24(18)32-3/h4H,5-15H2,1-3H3,(H,27,29)/b16-4+. The van der Waals surface area contributed by atoms with Crippen molar-refractivity contribution in [3.05, 3.63) is 33.9 Å². The molecule has 1 saturated heterocycles. The largest absolute Gasteiger partial charge is 0.496 e. The fourth-order valence-electron chi connectivity index (χ4n) is 4.23. The molecule has 1 N–H and O–H groups in total. The van der Waals surface area contributed by atoms with Crippen LogP contribution in [0, 0.1) is 6.92 Å². The molecule has 0 spiro atoms. The summed E-state index contributed by atoms with van der Waals surface area (Å²) in [7, 11) is 1.50. The molecule has 2 aliphatic heterocycles. The number of morpholine rings is 1. The lowest BCUT2D eigenvalue weighted by atomic mass is 9.93. The van der Waals surface area contributed by atoms with E-state index in [4.69, 9.17) is 18.9 Å². The van der Waals surface area contributed by atoms with Crippen molar-refractivity contribution in [3.8, 4) is 5.75 Å². The van der Waals surface area contributed by atoms with Gasteiger partial charge in [-0.3, -0.25) is 14.5 Å². The molecule has 192 valence electrons. The lowest BCUT2D eigenvalue weighted by Gasteiger charge is -2.26.